The van der Waals surface area contributed by atoms with Gasteiger partial charge in [-0.1, -0.05) is 25.3 Å². The lowest BCUT2D eigenvalue weighted by atomic mass is 9.95. The summed E-state index contributed by atoms with van der Waals surface area (Å²) in [6.07, 6.45) is 7.46. The second-order valence-electron chi connectivity index (χ2n) is 6.78. The van der Waals surface area contributed by atoms with Crippen LogP contribution in [0, 0.1) is 0 Å². The highest BCUT2D eigenvalue weighted by Gasteiger charge is 2.17. The molecule has 1 aliphatic heterocycles. The Morgan fingerprint density at radius 1 is 1.08 bits per heavy atom. The van der Waals surface area contributed by atoms with E-state index in [9.17, 15) is 4.79 Å². The van der Waals surface area contributed by atoms with Crippen molar-refractivity contribution in [3.63, 3.8) is 0 Å². The van der Waals surface area contributed by atoms with E-state index in [0.29, 0.717) is 18.2 Å². The Bertz CT molecular complexity index is 770. The largest absolute Gasteiger partial charge is 0.454 e. The number of amides is 1. The van der Waals surface area contributed by atoms with Crippen LogP contribution in [0.3, 0.4) is 0 Å². The summed E-state index contributed by atoms with van der Waals surface area (Å²) in [6, 6.07) is 9.81. The first kappa shape index (κ1) is 16.7. The molecule has 0 saturated heterocycles. The van der Waals surface area contributed by atoms with Gasteiger partial charge in [0.1, 0.15) is 5.82 Å². The van der Waals surface area contributed by atoms with Crippen LogP contribution in [-0.2, 0) is 6.54 Å². The highest BCUT2D eigenvalue weighted by atomic mass is 16.7. The zero-order chi connectivity index (χ0) is 17.8. The number of nitrogens with one attached hydrogen (secondary N) is 2. The average molecular weight is 353 g/mol. The lowest BCUT2D eigenvalue weighted by Crippen LogP contribution is -2.36. The zero-order valence-corrected chi connectivity index (χ0v) is 14.7. The number of hydrogen-bond donors (Lipinski definition) is 2. The number of fused-ring (bicyclic) bond motifs is 1. The van der Waals surface area contributed by atoms with Crippen LogP contribution >= 0.6 is 0 Å². The smallest absolute Gasteiger partial charge is 0.253 e. The first-order valence-corrected chi connectivity index (χ1v) is 9.17. The summed E-state index contributed by atoms with van der Waals surface area (Å²) in [7, 11) is 0. The standard InChI is InChI=1S/C20H23N3O3/c24-20(23-16-4-2-1-3-5-16)15-7-9-19(22-12-15)21-11-14-6-8-17-18(10-14)26-13-25-17/h6-10,12,16H,1-5,11,13H2,(H,21,22)(H,23,24). The van der Waals surface area contributed by atoms with Crippen LogP contribution in [0.15, 0.2) is 36.5 Å². The molecule has 0 bridgehead atoms. The van der Waals surface area contributed by atoms with E-state index in [4.69, 9.17) is 9.47 Å². The van der Waals surface area contributed by atoms with Crippen molar-refractivity contribution >= 4 is 11.7 Å². The van der Waals surface area contributed by atoms with Crippen molar-refractivity contribution in [3.8, 4) is 11.5 Å². The van der Waals surface area contributed by atoms with Gasteiger partial charge in [0.05, 0.1) is 5.56 Å². The summed E-state index contributed by atoms with van der Waals surface area (Å²) in [5.74, 6) is 2.25. The van der Waals surface area contributed by atoms with Gasteiger partial charge in [-0.2, -0.15) is 0 Å². The molecule has 1 aromatic carbocycles. The second kappa shape index (κ2) is 7.64. The molecule has 2 heterocycles. The van der Waals surface area contributed by atoms with Gasteiger partial charge in [-0.3, -0.25) is 4.79 Å². The summed E-state index contributed by atoms with van der Waals surface area (Å²) in [6.45, 7) is 0.898. The molecule has 2 aliphatic rings. The molecule has 2 aromatic rings. The summed E-state index contributed by atoms with van der Waals surface area (Å²) in [5.41, 5.74) is 1.68. The van der Waals surface area contributed by atoms with Gasteiger partial charge < -0.3 is 20.1 Å². The number of ether oxygens (including phenoxy) is 2. The van der Waals surface area contributed by atoms with E-state index >= 15 is 0 Å². The molecule has 1 saturated carbocycles. The Labute approximate surface area is 152 Å². The van der Waals surface area contributed by atoms with Crippen molar-refractivity contribution in [3.05, 3.63) is 47.7 Å². The summed E-state index contributed by atoms with van der Waals surface area (Å²) >= 11 is 0. The minimum Gasteiger partial charge on any atom is -0.454 e. The Hall–Kier alpha value is -2.76. The van der Waals surface area contributed by atoms with Crippen LogP contribution in [0.25, 0.3) is 0 Å². The van der Waals surface area contributed by atoms with Crippen LogP contribution in [0.4, 0.5) is 5.82 Å². The predicted octanol–water partition coefficient (Wildman–Crippen LogP) is 3.48. The van der Waals surface area contributed by atoms with Gasteiger partial charge in [0, 0.05) is 18.8 Å². The molecular weight excluding hydrogens is 330 g/mol. The first-order chi connectivity index (χ1) is 12.8. The number of benzene rings is 1. The Balaban J connectivity index is 1.31. The Morgan fingerprint density at radius 3 is 2.73 bits per heavy atom. The minimum absolute atomic E-state index is 0.0354. The molecule has 136 valence electrons. The summed E-state index contributed by atoms with van der Waals surface area (Å²) < 4.78 is 10.7. The van der Waals surface area contributed by atoms with Crippen LogP contribution in [0.1, 0.15) is 48.0 Å². The normalized spacial score (nSPS) is 16.3. The topological polar surface area (TPSA) is 72.5 Å². The van der Waals surface area contributed by atoms with Crippen molar-refractivity contribution in [2.45, 2.75) is 44.7 Å². The molecule has 6 nitrogen and oxygen atoms in total. The number of aromatic nitrogens is 1. The van der Waals surface area contributed by atoms with Gasteiger partial charge in [0.2, 0.25) is 6.79 Å². The fourth-order valence-corrected chi connectivity index (χ4v) is 3.39. The molecule has 1 aromatic heterocycles. The first-order valence-electron chi connectivity index (χ1n) is 9.17. The molecule has 1 amide bonds. The molecule has 0 unspecified atom stereocenters. The second-order valence-corrected chi connectivity index (χ2v) is 6.78. The van der Waals surface area contributed by atoms with Gasteiger partial charge >= 0.3 is 0 Å². The highest BCUT2D eigenvalue weighted by Crippen LogP contribution is 2.32. The SMILES string of the molecule is O=C(NC1CCCCC1)c1ccc(NCc2ccc3c(c2)OCO3)nc1. The number of hydrogen-bond acceptors (Lipinski definition) is 5. The fraction of sp³-hybridized carbons (Fsp3) is 0.400. The average Bonchev–Trinajstić information content (AvgIpc) is 3.15. The third-order valence-electron chi connectivity index (χ3n) is 4.88. The van der Waals surface area contributed by atoms with E-state index in [0.717, 1.165) is 35.7 Å². The van der Waals surface area contributed by atoms with E-state index in [1.165, 1.54) is 19.3 Å². The molecule has 0 atom stereocenters. The van der Waals surface area contributed by atoms with Crippen molar-refractivity contribution in [1.29, 1.82) is 0 Å². The van der Waals surface area contributed by atoms with Crippen LogP contribution in [0.2, 0.25) is 0 Å². The number of carbonyl (C=O) groups excluding carboxylic acids is 1. The molecule has 6 heteroatoms. The lowest BCUT2D eigenvalue weighted by Gasteiger charge is -2.22. The summed E-state index contributed by atoms with van der Waals surface area (Å²) in [5, 5.41) is 6.37. The molecule has 4 rings (SSSR count). The van der Waals surface area contributed by atoms with E-state index < -0.39 is 0 Å². The molecule has 1 fully saturated rings. The third kappa shape index (κ3) is 3.90. The quantitative estimate of drug-likeness (QED) is 0.861. The van der Waals surface area contributed by atoms with Crippen molar-refractivity contribution in [2.75, 3.05) is 12.1 Å². The van der Waals surface area contributed by atoms with Crippen molar-refractivity contribution in [1.82, 2.24) is 10.3 Å². The van der Waals surface area contributed by atoms with Gasteiger partial charge in [0.15, 0.2) is 11.5 Å². The van der Waals surface area contributed by atoms with Gasteiger partial charge in [0.25, 0.3) is 5.91 Å². The highest BCUT2D eigenvalue weighted by molar-refractivity contribution is 5.94. The van der Waals surface area contributed by atoms with E-state index in [-0.39, 0.29) is 12.7 Å². The van der Waals surface area contributed by atoms with E-state index in [1.807, 2.05) is 30.3 Å². The molecule has 0 radical (unpaired) electrons. The molecule has 2 N–H and O–H groups in total. The number of rotatable bonds is 5. The number of pyridine rings is 1. The Morgan fingerprint density at radius 2 is 1.92 bits per heavy atom. The lowest BCUT2D eigenvalue weighted by molar-refractivity contribution is 0.0927. The zero-order valence-electron chi connectivity index (χ0n) is 14.7. The molecular formula is C20H23N3O3. The molecule has 1 aliphatic carbocycles. The maximum atomic E-state index is 12.3. The van der Waals surface area contributed by atoms with Crippen LogP contribution in [0.5, 0.6) is 11.5 Å². The van der Waals surface area contributed by atoms with Crippen molar-refractivity contribution in [2.24, 2.45) is 0 Å². The molecule has 26 heavy (non-hydrogen) atoms. The van der Waals surface area contributed by atoms with Crippen LogP contribution in [-0.4, -0.2) is 23.7 Å². The van der Waals surface area contributed by atoms with Gasteiger partial charge in [-0.15, -0.1) is 0 Å². The maximum absolute atomic E-state index is 12.3. The van der Waals surface area contributed by atoms with Gasteiger partial charge in [-0.25, -0.2) is 4.98 Å². The Kier molecular flexibility index (Phi) is 4.91. The van der Waals surface area contributed by atoms with Gasteiger partial charge in [-0.05, 0) is 42.7 Å². The minimum atomic E-state index is -0.0354. The van der Waals surface area contributed by atoms with E-state index in [2.05, 4.69) is 15.6 Å². The summed E-state index contributed by atoms with van der Waals surface area (Å²) in [4.78, 5) is 16.7. The fourth-order valence-electron chi connectivity index (χ4n) is 3.39. The number of nitrogens with zero attached hydrogens (tertiary/aromatic N) is 1. The predicted molar refractivity (Wildman–Crippen MR) is 98.5 cm³/mol. The number of anilines is 1. The van der Waals surface area contributed by atoms with Crippen molar-refractivity contribution < 1.29 is 14.3 Å². The van der Waals surface area contributed by atoms with E-state index in [1.54, 1.807) is 6.20 Å². The van der Waals surface area contributed by atoms with Crippen LogP contribution < -0.4 is 20.1 Å². The number of carbonyl (C=O) groups is 1. The maximum Gasteiger partial charge on any atom is 0.253 e. The molecule has 0 spiro atoms. The monoisotopic (exact) mass is 353 g/mol. The third-order valence-corrected chi connectivity index (χ3v) is 4.88.